The molecule has 2 amide bonds. The molecule has 0 heterocycles. The number of amides is 2. The summed E-state index contributed by atoms with van der Waals surface area (Å²) < 4.78 is 10.7. The molecule has 0 aliphatic rings. The fourth-order valence-electron chi connectivity index (χ4n) is 2.86. The summed E-state index contributed by atoms with van der Waals surface area (Å²) in [5.74, 6) is -1.16. The van der Waals surface area contributed by atoms with Gasteiger partial charge in [0.2, 0.25) is 0 Å². The van der Waals surface area contributed by atoms with Gasteiger partial charge in [-0.3, -0.25) is 9.59 Å². The number of esters is 1. The van der Waals surface area contributed by atoms with Crippen molar-refractivity contribution in [3.63, 3.8) is 0 Å². The summed E-state index contributed by atoms with van der Waals surface area (Å²) in [7, 11) is 0. The van der Waals surface area contributed by atoms with E-state index in [4.69, 9.17) is 9.47 Å². The average Bonchev–Trinajstić information content (AvgIpc) is 2.84. The molecule has 0 aliphatic heterocycles. The Morgan fingerprint density at radius 2 is 1.38 bits per heavy atom. The predicted octanol–water partition coefficient (Wildman–Crippen LogP) is 4.09. The molecule has 0 aromatic heterocycles. The minimum Gasteiger partial charge on any atom is -0.494 e. The van der Waals surface area contributed by atoms with Crippen molar-refractivity contribution >= 4 is 29.2 Å². The standard InChI is InChI=1S/C26H25N3O5/c1-4-33-22-15-11-21(12-16-22)27-24(30)25(31)29-28-18(3)19-9-13-23(14-10-19)34-26(32)20-7-5-17(2)6-8-20/h5-16H,4H2,1-3H3,(H,27,30)(H,29,31)/b28-18+. The Morgan fingerprint density at radius 3 is 2.00 bits per heavy atom. The molecule has 8 nitrogen and oxygen atoms in total. The number of ether oxygens (including phenoxy) is 2. The van der Waals surface area contributed by atoms with E-state index >= 15 is 0 Å². The molecule has 2 N–H and O–H groups in total. The normalized spacial score (nSPS) is 10.9. The van der Waals surface area contributed by atoms with E-state index in [-0.39, 0.29) is 0 Å². The maximum absolute atomic E-state index is 12.2. The number of hydrazone groups is 1. The van der Waals surface area contributed by atoms with E-state index in [0.717, 1.165) is 5.56 Å². The molecular weight excluding hydrogens is 434 g/mol. The van der Waals surface area contributed by atoms with Gasteiger partial charge in [0.1, 0.15) is 11.5 Å². The van der Waals surface area contributed by atoms with Gasteiger partial charge in [0.15, 0.2) is 0 Å². The lowest BCUT2D eigenvalue weighted by Crippen LogP contribution is -2.32. The van der Waals surface area contributed by atoms with Crippen LogP contribution in [-0.2, 0) is 9.59 Å². The van der Waals surface area contributed by atoms with E-state index in [1.165, 1.54) is 0 Å². The second-order valence-corrected chi connectivity index (χ2v) is 7.33. The first-order valence-electron chi connectivity index (χ1n) is 10.6. The van der Waals surface area contributed by atoms with Crippen LogP contribution in [0, 0.1) is 6.92 Å². The van der Waals surface area contributed by atoms with Gasteiger partial charge in [-0.1, -0.05) is 17.7 Å². The van der Waals surface area contributed by atoms with E-state index in [1.54, 1.807) is 67.6 Å². The van der Waals surface area contributed by atoms with Crippen molar-refractivity contribution < 1.29 is 23.9 Å². The van der Waals surface area contributed by atoms with E-state index in [0.29, 0.717) is 40.6 Å². The third-order valence-electron chi connectivity index (χ3n) is 4.72. The van der Waals surface area contributed by atoms with Crippen molar-refractivity contribution in [1.29, 1.82) is 0 Å². The number of carbonyl (C=O) groups excluding carboxylic acids is 3. The highest BCUT2D eigenvalue weighted by atomic mass is 16.5. The summed E-state index contributed by atoms with van der Waals surface area (Å²) in [5.41, 5.74) is 5.35. The summed E-state index contributed by atoms with van der Waals surface area (Å²) in [4.78, 5) is 36.4. The van der Waals surface area contributed by atoms with Crippen molar-refractivity contribution in [2.75, 3.05) is 11.9 Å². The van der Waals surface area contributed by atoms with Gasteiger partial charge in [-0.15, -0.1) is 0 Å². The molecule has 3 aromatic rings. The maximum Gasteiger partial charge on any atom is 0.343 e. The largest absolute Gasteiger partial charge is 0.494 e. The predicted molar refractivity (Wildman–Crippen MR) is 129 cm³/mol. The molecule has 0 atom stereocenters. The van der Waals surface area contributed by atoms with Gasteiger partial charge < -0.3 is 14.8 Å². The molecule has 0 fully saturated rings. The Labute approximate surface area is 197 Å². The van der Waals surface area contributed by atoms with Crippen LogP contribution in [0.1, 0.15) is 35.3 Å². The van der Waals surface area contributed by atoms with Crippen molar-refractivity contribution in [1.82, 2.24) is 5.43 Å². The molecule has 174 valence electrons. The zero-order chi connectivity index (χ0) is 24.5. The zero-order valence-electron chi connectivity index (χ0n) is 19.1. The molecule has 0 saturated carbocycles. The second kappa shape index (κ2) is 11.4. The van der Waals surface area contributed by atoms with Gasteiger partial charge in [-0.2, -0.15) is 5.10 Å². The van der Waals surface area contributed by atoms with Crippen LogP contribution in [0.25, 0.3) is 0 Å². The number of hydrogen-bond donors (Lipinski definition) is 2. The Morgan fingerprint density at radius 1 is 0.794 bits per heavy atom. The Balaban J connectivity index is 1.53. The molecule has 0 radical (unpaired) electrons. The van der Waals surface area contributed by atoms with E-state index in [2.05, 4.69) is 15.8 Å². The first-order chi connectivity index (χ1) is 16.4. The van der Waals surface area contributed by atoms with Crippen LogP contribution < -0.4 is 20.2 Å². The van der Waals surface area contributed by atoms with E-state index in [1.807, 2.05) is 26.0 Å². The quantitative estimate of drug-likeness (QED) is 0.182. The van der Waals surface area contributed by atoms with Crippen molar-refractivity contribution in [2.24, 2.45) is 5.10 Å². The fraction of sp³-hybridized carbons (Fsp3) is 0.154. The SMILES string of the molecule is CCOc1ccc(NC(=O)C(=O)N/N=C(\C)c2ccc(OC(=O)c3ccc(C)cc3)cc2)cc1. The zero-order valence-corrected chi connectivity index (χ0v) is 19.1. The summed E-state index contributed by atoms with van der Waals surface area (Å²) >= 11 is 0. The highest BCUT2D eigenvalue weighted by Gasteiger charge is 2.14. The molecule has 0 saturated heterocycles. The molecular formula is C26H25N3O5. The summed E-state index contributed by atoms with van der Waals surface area (Å²) in [6.07, 6.45) is 0. The maximum atomic E-state index is 12.2. The number of anilines is 1. The van der Waals surface area contributed by atoms with E-state index in [9.17, 15) is 14.4 Å². The number of nitrogens with zero attached hydrogens (tertiary/aromatic N) is 1. The van der Waals surface area contributed by atoms with Crippen molar-refractivity contribution in [3.8, 4) is 11.5 Å². The van der Waals surface area contributed by atoms with Crippen LogP contribution >= 0.6 is 0 Å². The van der Waals surface area contributed by atoms with Crippen LogP contribution in [0.15, 0.2) is 77.9 Å². The summed E-state index contributed by atoms with van der Waals surface area (Å²) in [6.45, 7) is 6.03. The first kappa shape index (κ1) is 24.2. The average molecular weight is 460 g/mol. The molecule has 34 heavy (non-hydrogen) atoms. The third kappa shape index (κ3) is 6.77. The van der Waals surface area contributed by atoms with Crippen LogP contribution in [0.5, 0.6) is 11.5 Å². The Kier molecular flexibility index (Phi) is 8.12. The summed E-state index contributed by atoms with van der Waals surface area (Å²) in [6, 6.07) is 20.4. The van der Waals surface area contributed by atoms with Crippen LogP contribution in [0.2, 0.25) is 0 Å². The van der Waals surface area contributed by atoms with E-state index < -0.39 is 17.8 Å². The molecule has 0 aliphatic carbocycles. The fourth-order valence-corrected chi connectivity index (χ4v) is 2.86. The van der Waals surface area contributed by atoms with Crippen LogP contribution in [0.4, 0.5) is 5.69 Å². The first-order valence-corrected chi connectivity index (χ1v) is 10.6. The van der Waals surface area contributed by atoms with Gasteiger partial charge in [0, 0.05) is 5.69 Å². The number of rotatable bonds is 7. The van der Waals surface area contributed by atoms with Crippen LogP contribution in [-0.4, -0.2) is 30.1 Å². The smallest absolute Gasteiger partial charge is 0.343 e. The van der Waals surface area contributed by atoms with Crippen molar-refractivity contribution in [3.05, 3.63) is 89.5 Å². The summed E-state index contributed by atoms with van der Waals surface area (Å²) in [5, 5.41) is 6.46. The van der Waals surface area contributed by atoms with Gasteiger partial charge in [-0.25, -0.2) is 10.2 Å². The monoisotopic (exact) mass is 459 g/mol. The molecule has 0 unspecified atom stereocenters. The Hall–Kier alpha value is -4.46. The molecule has 0 spiro atoms. The lowest BCUT2D eigenvalue weighted by atomic mass is 10.1. The molecule has 8 heteroatoms. The topological polar surface area (TPSA) is 106 Å². The second-order valence-electron chi connectivity index (χ2n) is 7.33. The Bertz CT molecular complexity index is 1180. The number of carbonyl (C=O) groups is 3. The number of benzene rings is 3. The van der Waals surface area contributed by atoms with Gasteiger partial charge >= 0.3 is 17.8 Å². The highest BCUT2D eigenvalue weighted by molar-refractivity contribution is 6.39. The number of hydrogen-bond acceptors (Lipinski definition) is 6. The number of aryl methyl sites for hydroxylation is 1. The lowest BCUT2D eigenvalue weighted by Gasteiger charge is -2.07. The van der Waals surface area contributed by atoms with Crippen LogP contribution in [0.3, 0.4) is 0 Å². The minimum atomic E-state index is -0.906. The van der Waals surface area contributed by atoms with Gasteiger partial charge in [0.25, 0.3) is 0 Å². The van der Waals surface area contributed by atoms with Gasteiger partial charge in [0.05, 0.1) is 17.9 Å². The minimum absolute atomic E-state index is 0.376. The van der Waals surface area contributed by atoms with Crippen molar-refractivity contribution in [2.45, 2.75) is 20.8 Å². The highest BCUT2D eigenvalue weighted by Crippen LogP contribution is 2.16. The number of nitrogens with one attached hydrogen (secondary N) is 2. The van der Waals surface area contributed by atoms with Gasteiger partial charge in [-0.05, 0) is 87.0 Å². The molecule has 3 rings (SSSR count). The third-order valence-corrected chi connectivity index (χ3v) is 4.72. The molecule has 3 aromatic carbocycles. The molecule has 0 bridgehead atoms. The lowest BCUT2D eigenvalue weighted by molar-refractivity contribution is -0.136.